The van der Waals surface area contributed by atoms with E-state index in [4.69, 9.17) is 0 Å². The van der Waals surface area contributed by atoms with E-state index in [1.165, 1.54) is 63.6 Å². The zero-order chi connectivity index (χ0) is 12.3. The average molecular weight is 236 g/mol. The van der Waals surface area contributed by atoms with Gasteiger partial charge in [-0.05, 0) is 12.8 Å². The largest absolute Gasteiger partial charge is 0.348 e. The third-order valence-electron chi connectivity index (χ3n) is 3.47. The molecule has 1 N–H and O–H groups in total. The van der Waals surface area contributed by atoms with Crippen LogP contribution < -0.4 is 0 Å². The predicted molar refractivity (Wildman–Crippen MR) is 74.2 cm³/mol. The van der Waals surface area contributed by atoms with Gasteiger partial charge < -0.3 is 4.98 Å². The number of hydrogen-bond donors (Lipinski definition) is 1. The highest BCUT2D eigenvalue weighted by Crippen LogP contribution is 2.25. The lowest BCUT2D eigenvalue weighted by atomic mass is 9.94. The van der Waals surface area contributed by atoms with E-state index in [-0.39, 0.29) is 0 Å². The summed E-state index contributed by atoms with van der Waals surface area (Å²) in [7, 11) is 0. The molecule has 0 aliphatic rings. The molecule has 0 fully saturated rings. The molecule has 1 atom stereocenters. The van der Waals surface area contributed by atoms with Crippen LogP contribution in [0.4, 0.5) is 0 Å². The summed E-state index contributed by atoms with van der Waals surface area (Å²) in [6.45, 7) is 4.54. The molecule has 1 aromatic rings. The van der Waals surface area contributed by atoms with Crippen molar-refractivity contribution in [3.63, 3.8) is 0 Å². The summed E-state index contributed by atoms with van der Waals surface area (Å²) in [5.74, 6) is 1.86. The van der Waals surface area contributed by atoms with Crippen LogP contribution in [0.5, 0.6) is 0 Å². The molecule has 2 nitrogen and oxygen atoms in total. The van der Waals surface area contributed by atoms with Gasteiger partial charge in [-0.2, -0.15) is 0 Å². The van der Waals surface area contributed by atoms with Crippen LogP contribution in [0.15, 0.2) is 12.4 Å². The van der Waals surface area contributed by atoms with Gasteiger partial charge in [-0.25, -0.2) is 4.98 Å². The van der Waals surface area contributed by atoms with E-state index in [1.807, 2.05) is 12.4 Å². The number of unbranched alkanes of at least 4 members (excludes halogenated alkanes) is 5. The van der Waals surface area contributed by atoms with Gasteiger partial charge in [0.15, 0.2) is 0 Å². The monoisotopic (exact) mass is 236 g/mol. The van der Waals surface area contributed by atoms with E-state index in [9.17, 15) is 0 Å². The van der Waals surface area contributed by atoms with Gasteiger partial charge in [0.25, 0.3) is 0 Å². The zero-order valence-corrected chi connectivity index (χ0v) is 11.5. The Kier molecular flexibility index (Phi) is 7.78. The molecule has 1 heterocycles. The Labute approximate surface area is 106 Å². The third kappa shape index (κ3) is 5.90. The molecule has 0 bridgehead atoms. The van der Waals surface area contributed by atoms with Crippen molar-refractivity contribution in [3.8, 4) is 0 Å². The van der Waals surface area contributed by atoms with Gasteiger partial charge in [0, 0.05) is 18.3 Å². The second kappa shape index (κ2) is 9.26. The minimum atomic E-state index is 0.659. The van der Waals surface area contributed by atoms with Crippen molar-refractivity contribution in [3.05, 3.63) is 18.2 Å². The van der Waals surface area contributed by atoms with Crippen molar-refractivity contribution in [2.75, 3.05) is 0 Å². The smallest absolute Gasteiger partial charge is 0.109 e. The van der Waals surface area contributed by atoms with Crippen molar-refractivity contribution >= 4 is 0 Å². The maximum absolute atomic E-state index is 4.43. The standard InChI is InChI=1S/C15H28N2/c1-3-5-7-8-9-11-14(10-6-4-2)15-16-12-13-17-15/h12-14H,3-11H2,1-2H3,(H,16,17). The van der Waals surface area contributed by atoms with E-state index in [1.54, 1.807) is 0 Å². The Bertz CT molecular complexity index is 254. The van der Waals surface area contributed by atoms with E-state index in [2.05, 4.69) is 23.8 Å². The van der Waals surface area contributed by atoms with E-state index in [0.29, 0.717) is 5.92 Å². The fourth-order valence-electron chi connectivity index (χ4n) is 2.36. The highest BCUT2D eigenvalue weighted by Gasteiger charge is 2.12. The zero-order valence-electron chi connectivity index (χ0n) is 11.5. The molecule has 0 saturated carbocycles. The fourth-order valence-corrected chi connectivity index (χ4v) is 2.36. The van der Waals surface area contributed by atoms with Crippen molar-refractivity contribution in [2.24, 2.45) is 0 Å². The fraction of sp³-hybridized carbons (Fsp3) is 0.800. The number of aromatic nitrogens is 2. The van der Waals surface area contributed by atoms with Gasteiger partial charge >= 0.3 is 0 Å². The van der Waals surface area contributed by atoms with E-state index in [0.717, 1.165) is 0 Å². The molecule has 0 saturated heterocycles. The van der Waals surface area contributed by atoms with Gasteiger partial charge in [0.05, 0.1) is 0 Å². The van der Waals surface area contributed by atoms with Crippen LogP contribution >= 0.6 is 0 Å². The number of imidazole rings is 1. The predicted octanol–water partition coefficient (Wildman–Crippen LogP) is 5.04. The Hall–Kier alpha value is -0.790. The maximum Gasteiger partial charge on any atom is 0.109 e. The van der Waals surface area contributed by atoms with Crippen molar-refractivity contribution in [1.29, 1.82) is 0 Å². The molecule has 2 heteroatoms. The average Bonchev–Trinajstić information content (AvgIpc) is 2.86. The SMILES string of the molecule is CCCCCCCC(CCCC)c1ncc[nH]1. The lowest BCUT2D eigenvalue weighted by Crippen LogP contribution is -2.01. The summed E-state index contributed by atoms with van der Waals surface area (Å²) in [6.07, 6.45) is 15.9. The topological polar surface area (TPSA) is 28.7 Å². The van der Waals surface area contributed by atoms with Gasteiger partial charge in [-0.15, -0.1) is 0 Å². The summed E-state index contributed by atoms with van der Waals surface area (Å²) in [4.78, 5) is 7.72. The summed E-state index contributed by atoms with van der Waals surface area (Å²) < 4.78 is 0. The van der Waals surface area contributed by atoms with Crippen LogP contribution in [0.2, 0.25) is 0 Å². The number of hydrogen-bond acceptors (Lipinski definition) is 1. The van der Waals surface area contributed by atoms with Gasteiger partial charge in [0.2, 0.25) is 0 Å². The summed E-state index contributed by atoms with van der Waals surface area (Å²) >= 11 is 0. The number of H-pyrrole nitrogens is 1. The Morgan fingerprint density at radius 1 is 1.00 bits per heavy atom. The maximum atomic E-state index is 4.43. The minimum Gasteiger partial charge on any atom is -0.348 e. The van der Waals surface area contributed by atoms with Gasteiger partial charge in [0.1, 0.15) is 5.82 Å². The molecule has 0 aliphatic heterocycles. The molecule has 1 aromatic heterocycles. The molecular formula is C15H28N2. The number of nitrogens with one attached hydrogen (secondary N) is 1. The first-order chi connectivity index (χ1) is 8.38. The second-order valence-corrected chi connectivity index (χ2v) is 5.02. The first-order valence-electron chi connectivity index (χ1n) is 7.37. The van der Waals surface area contributed by atoms with Crippen LogP contribution in [0, 0.1) is 0 Å². The van der Waals surface area contributed by atoms with Gasteiger partial charge in [-0.1, -0.05) is 58.8 Å². The van der Waals surface area contributed by atoms with E-state index < -0.39 is 0 Å². The first-order valence-corrected chi connectivity index (χ1v) is 7.37. The van der Waals surface area contributed by atoms with Crippen LogP contribution in [-0.4, -0.2) is 9.97 Å². The summed E-state index contributed by atoms with van der Waals surface area (Å²) in [5.41, 5.74) is 0. The molecular weight excluding hydrogens is 208 g/mol. The normalized spacial score (nSPS) is 12.8. The lowest BCUT2D eigenvalue weighted by Gasteiger charge is -2.14. The van der Waals surface area contributed by atoms with Crippen LogP contribution in [-0.2, 0) is 0 Å². The molecule has 0 radical (unpaired) electrons. The molecule has 17 heavy (non-hydrogen) atoms. The second-order valence-electron chi connectivity index (χ2n) is 5.02. The number of nitrogens with zero attached hydrogens (tertiary/aromatic N) is 1. The molecule has 98 valence electrons. The molecule has 1 rings (SSSR count). The van der Waals surface area contributed by atoms with Crippen molar-refractivity contribution < 1.29 is 0 Å². The van der Waals surface area contributed by atoms with Crippen LogP contribution in [0.3, 0.4) is 0 Å². The molecule has 0 amide bonds. The Morgan fingerprint density at radius 3 is 2.35 bits per heavy atom. The lowest BCUT2D eigenvalue weighted by molar-refractivity contribution is 0.490. The van der Waals surface area contributed by atoms with Crippen LogP contribution in [0.1, 0.15) is 83.4 Å². The van der Waals surface area contributed by atoms with Crippen molar-refractivity contribution in [1.82, 2.24) is 9.97 Å². The van der Waals surface area contributed by atoms with Gasteiger partial charge in [-0.3, -0.25) is 0 Å². The highest BCUT2D eigenvalue weighted by atomic mass is 14.9. The van der Waals surface area contributed by atoms with E-state index >= 15 is 0 Å². The highest BCUT2D eigenvalue weighted by molar-refractivity contribution is 4.96. The minimum absolute atomic E-state index is 0.659. The molecule has 0 aromatic carbocycles. The summed E-state index contributed by atoms with van der Waals surface area (Å²) in [6, 6.07) is 0. The molecule has 0 aliphatic carbocycles. The van der Waals surface area contributed by atoms with Crippen LogP contribution in [0.25, 0.3) is 0 Å². The quantitative estimate of drug-likeness (QED) is 0.566. The molecule has 1 unspecified atom stereocenters. The molecule has 0 spiro atoms. The number of rotatable bonds is 10. The third-order valence-corrected chi connectivity index (χ3v) is 3.47. The Balaban J connectivity index is 2.26. The first kappa shape index (κ1) is 14.3. The Morgan fingerprint density at radius 2 is 1.71 bits per heavy atom. The van der Waals surface area contributed by atoms with Crippen molar-refractivity contribution in [2.45, 2.75) is 77.6 Å². The summed E-state index contributed by atoms with van der Waals surface area (Å²) in [5, 5.41) is 0. The number of aromatic amines is 1.